The van der Waals surface area contributed by atoms with Gasteiger partial charge in [0.05, 0.1) is 12.9 Å². The summed E-state index contributed by atoms with van der Waals surface area (Å²) < 4.78 is 11.1. The van der Waals surface area contributed by atoms with Gasteiger partial charge in [-0.3, -0.25) is 0 Å². The average Bonchev–Trinajstić information content (AvgIpc) is 3.05. The highest BCUT2D eigenvalue weighted by Crippen LogP contribution is 2.57. The van der Waals surface area contributed by atoms with Crippen LogP contribution in [0.2, 0.25) is 0 Å². The summed E-state index contributed by atoms with van der Waals surface area (Å²) in [5, 5.41) is 0. The minimum absolute atomic E-state index is 0.147. The van der Waals surface area contributed by atoms with E-state index in [0.717, 1.165) is 17.9 Å². The monoisotopic (exact) mass is 371 g/mol. The van der Waals surface area contributed by atoms with Crippen molar-refractivity contribution in [1.29, 1.82) is 0 Å². The lowest BCUT2D eigenvalue weighted by Crippen LogP contribution is -2.28. The molecule has 1 atom stereocenters. The van der Waals surface area contributed by atoms with Crippen LogP contribution in [0.15, 0.2) is 18.7 Å². The van der Waals surface area contributed by atoms with Crippen LogP contribution >= 0.6 is 19.7 Å². The van der Waals surface area contributed by atoms with Gasteiger partial charge < -0.3 is 4.52 Å². The molecule has 0 saturated heterocycles. The first-order chi connectivity index (χ1) is 11.8. The molecule has 2 aliphatic carbocycles. The van der Waals surface area contributed by atoms with E-state index < -0.39 is 0 Å². The molecule has 0 amide bonds. The normalized spacial score (nSPS) is 22.1. The number of rotatable bonds is 7. The first kappa shape index (κ1) is 18.7. The first-order valence-corrected chi connectivity index (χ1v) is 11.7. The molecule has 1 heterocycles. The summed E-state index contributed by atoms with van der Waals surface area (Å²) in [6.45, 7) is 0.878. The lowest BCUT2D eigenvalue weighted by molar-refractivity contribution is -0.671. The molecule has 1 aromatic heterocycles. The Bertz CT molecular complexity index is 465. The Balaban J connectivity index is 1.65. The van der Waals surface area contributed by atoms with Crippen molar-refractivity contribution in [3.8, 4) is 0 Å². The Labute approximate surface area is 153 Å². The summed E-state index contributed by atoms with van der Waals surface area (Å²) in [6.07, 6.45) is 20.4. The molecule has 0 spiro atoms. The maximum atomic E-state index is 6.79. The summed E-state index contributed by atoms with van der Waals surface area (Å²) in [5.41, 5.74) is 1.65. The summed E-state index contributed by atoms with van der Waals surface area (Å²) >= 11 is 6.31. The van der Waals surface area contributed by atoms with E-state index in [-0.39, 0.29) is 14.3 Å². The van der Waals surface area contributed by atoms with Crippen LogP contribution in [0.5, 0.6) is 0 Å². The third-order valence-electron chi connectivity index (χ3n) is 5.55. The fraction of sp³-hybridized carbons (Fsp3) is 0.842. The van der Waals surface area contributed by atoms with Crippen molar-refractivity contribution < 1.29 is 9.09 Å². The molecule has 136 valence electrons. The van der Waals surface area contributed by atoms with Crippen molar-refractivity contribution in [3.05, 3.63) is 18.7 Å². The van der Waals surface area contributed by atoms with E-state index in [0.29, 0.717) is 5.88 Å². The lowest BCUT2D eigenvalue weighted by atomic mass is 10.00. The molecule has 5 heteroatoms. The third kappa shape index (κ3) is 5.19. The second-order valence-electron chi connectivity index (χ2n) is 7.60. The number of alkyl halides is 1. The molecule has 0 bridgehead atoms. The smallest absolute Gasteiger partial charge is 0.243 e. The molecule has 1 aromatic rings. The molecule has 2 fully saturated rings. The zero-order valence-electron chi connectivity index (χ0n) is 15.1. The van der Waals surface area contributed by atoms with Gasteiger partial charge in [0.1, 0.15) is 25.0 Å². The van der Waals surface area contributed by atoms with Gasteiger partial charge in [0.15, 0.2) is 0 Å². The molecule has 0 N–H and O–H groups in total. The van der Waals surface area contributed by atoms with Crippen molar-refractivity contribution in [2.75, 3.05) is 5.88 Å². The number of hydrogen-bond acceptors (Lipinski definition) is 1. The van der Waals surface area contributed by atoms with E-state index in [1.807, 2.05) is 0 Å². The number of halogens is 1. The van der Waals surface area contributed by atoms with Gasteiger partial charge in [-0.15, -0.1) is 11.6 Å². The van der Waals surface area contributed by atoms with Crippen molar-refractivity contribution in [1.82, 2.24) is 4.57 Å². The second kappa shape index (κ2) is 9.55. The molecular formula is C19H33ClN2OP+. The van der Waals surface area contributed by atoms with E-state index in [2.05, 4.69) is 34.9 Å². The number of hydrogen-bond donors (Lipinski definition) is 0. The molecule has 3 nitrogen and oxygen atoms in total. The fourth-order valence-corrected chi connectivity index (χ4v) is 7.69. The van der Waals surface area contributed by atoms with Crippen molar-refractivity contribution >= 4 is 19.7 Å². The summed E-state index contributed by atoms with van der Waals surface area (Å²) in [5.74, 6) is 0.597. The quantitative estimate of drug-likeness (QED) is 0.375. The highest BCUT2D eigenvalue weighted by Gasteiger charge is 2.34. The predicted octanol–water partition coefficient (Wildman–Crippen LogP) is 5.00. The Hall–Kier alpha value is -0.110. The van der Waals surface area contributed by atoms with Crippen LogP contribution in [-0.2, 0) is 18.1 Å². The molecule has 24 heavy (non-hydrogen) atoms. The van der Waals surface area contributed by atoms with E-state index in [4.69, 9.17) is 16.1 Å². The molecule has 3 rings (SSSR count). The molecule has 0 aliphatic heterocycles. The van der Waals surface area contributed by atoms with Crippen LogP contribution in [-0.4, -0.2) is 27.9 Å². The van der Waals surface area contributed by atoms with Gasteiger partial charge >= 0.3 is 0 Å². The van der Waals surface area contributed by atoms with Crippen LogP contribution < -0.4 is 4.57 Å². The standard InChI is InChI=1S/C19H33ClN2OP/c1-21-12-13-22(16-21)15-17(14-20)23-24(18-8-4-2-5-9-18)19-10-6-3-7-11-19/h12-13,16-19H,2-11,14-15H2,1H3/q+1. The number of aromatic nitrogens is 2. The molecule has 1 unspecified atom stereocenters. The minimum atomic E-state index is -0.336. The van der Waals surface area contributed by atoms with E-state index in [1.54, 1.807) is 0 Å². The predicted molar refractivity (Wildman–Crippen MR) is 102 cm³/mol. The zero-order chi connectivity index (χ0) is 16.8. The zero-order valence-corrected chi connectivity index (χ0v) is 16.7. The van der Waals surface area contributed by atoms with Crippen molar-refractivity contribution in [3.63, 3.8) is 0 Å². The van der Waals surface area contributed by atoms with Crippen LogP contribution in [0.3, 0.4) is 0 Å². The van der Waals surface area contributed by atoms with Gasteiger partial charge in [-0.05, 0) is 25.7 Å². The lowest BCUT2D eigenvalue weighted by Gasteiger charge is -2.38. The second-order valence-corrected chi connectivity index (χ2v) is 10.3. The van der Waals surface area contributed by atoms with E-state index in [9.17, 15) is 0 Å². The summed E-state index contributed by atoms with van der Waals surface area (Å²) in [6, 6.07) is 0. The maximum Gasteiger partial charge on any atom is 0.243 e. The van der Waals surface area contributed by atoms with Gasteiger partial charge in [-0.1, -0.05) is 38.5 Å². The van der Waals surface area contributed by atoms with Crippen LogP contribution in [0.25, 0.3) is 0 Å². The topological polar surface area (TPSA) is 18.0 Å². The van der Waals surface area contributed by atoms with Crippen LogP contribution in [0, 0.1) is 0 Å². The molecular weight excluding hydrogens is 339 g/mol. The Morgan fingerprint density at radius 1 is 1.08 bits per heavy atom. The molecule has 0 radical (unpaired) electrons. The van der Waals surface area contributed by atoms with Gasteiger partial charge in [0.25, 0.3) is 0 Å². The highest BCUT2D eigenvalue weighted by molar-refractivity contribution is 7.54. The van der Waals surface area contributed by atoms with Gasteiger partial charge in [-0.2, -0.15) is 0 Å². The van der Waals surface area contributed by atoms with Gasteiger partial charge in [0, 0.05) is 19.5 Å². The Morgan fingerprint density at radius 2 is 1.67 bits per heavy atom. The van der Waals surface area contributed by atoms with Gasteiger partial charge in [-0.25, -0.2) is 9.13 Å². The average molecular weight is 372 g/mol. The largest absolute Gasteiger partial charge is 0.350 e. The molecule has 2 aliphatic rings. The van der Waals surface area contributed by atoms with Crippen molar-refractivity contribution in [2.45, 2.75) is 88.2 Å². The number of nitrogens with zero attached hydrogens (tertiary/aromatic N) is 2. The van der Waals surface area contributed by atoms with Crippen LogP contribution in [0.4, 0.5) is 0 Å². The van der Waals surface area contributed by atoms with Crippen LogP contribution in [0.1, 0.15) is 64.2 Å². The number of aryl methyl sites for hydroxylation is 1. The number of imidazole rings is 1. The molecule has 0 aromatic carbocycles. The van der Waals surface area contributed by atoms with E-state index >= 15 is 0 Å². The summed E-state index contributed by atoms with van der Waals surface area (Å²) in [4.78, 5) is 0. The SMILES string of the molecule is C[n+]1ccn(CC(CCl)OP(C2CCCCC2)C2CCCCC2)c1. The van der Waals surface area contributed by atoms with E-state index in [1.165, 1.54) is 64.2 Å². The fourth-order valence-electron chi connectivity index (χ4n) is 4.27. The van der Waals surface area contributed by atoms with Gasteiger partial charge in [0.2, 0.25) is 6.33 Å². The summed E-state index contributed by atoms with van der Waals surface area (Å²) in [7, 11) is 1.72. The molecule has 2 saturated carbocycles. The third-order valence-corrected chi connectivity index (χ3v) is 8.91. The first-order valence-electron chi connectivity index (χ1n) is 9.78. The Morgan fingerprint density at radius 3 is 2.12 bits per heavy atom. The maximum absolute atomic E-state index is 6.79. The van der Waals surface area contributed by atoms with Crippen molar-refractivity contribution in [2.24, 2.45) is 7.05 Å². The highest BCUT2D eigenvalue weighted by atomic mass is 35.5. The minimum Gasteiger partial charge on any atom is -0.350 e. The Kier molecular flexibility index (Phi) is 7.43.